The van der Waals surface area contributed by atoms with Crippen LogP contribution in [0.4, 0.5) is 4.39 Å². The topological polar surface area (TPSA) is 36.4 Å². The number of aliphatic imine (C=N–C) groups is 1. The minimum Gasteiger partial charge on any atom is -0.356 e. The Labute approximate surface area is 66.1 Å². The monoisotopic (exact) mass is 159 g/mol. The molecule has 0 radical (unpaired) electrons. The van der Waals surface area contributed by atoms with E-state index in [2.05, 4.69) is 22.5 Å². The van der Waals surface area contributed by atoms with Crippen molar-refractivity contribution in [1.82, 2.24) is 10.6 Å². The van der Waals surface area contributed by atoms with Crippen LogP contribution in [0.15, 0.2) is 4.99 Å². The van der Waals surface area contributed by atoms with Crippen molar-refractivity contribution in [3.63, 3.8) is 0 Å². The van der Waals surface area contributed by atoms with Crippen molar-refractivity contribution in [3.05, 3.63) is 0 Å². The highest BCUT2D eigenvalue weighted by Crippen LogP contribution is 1.91. The molecule has 1 aliphatic rings. The number of nitrogens with zero attached hydrogens (tertiary/aromatic N) is 1. The van der Waals surface area contributed by atoms with Gasteiger partial charge in [-0.25, -0.2) is 0 Å². The van der Waals surface area contributed by atoms with Crippen LogP contribution in [-0.2, 0) is 0 Å². The average molecular weight is 159 g/mol. The molecule has 64 valence electrons. The van der Waals surface area contributed by atoms with E-state index in [9.17, 15) is 4.39 Å². The Hall–Kier alpha value is -0.800. The van der Waals surface area contributed by atoms with Crippen LogP contribution in [0, 0.1) is 0 Å². The lowest BCUT2D eigenvalue weighted by Crippen LogP contribution is -2.38. The third-order valence-electron chi connectivity index (χ3n) is 1.51. The molecule has 0 amide bonds. The van der Waals surface area contributed by atoms with E-state index >= 15 is 0 Å². The highest BCUT2D eigenvalue weighted by atomic mass is 19.1. The Kier molecular flexibility index (Phi) is 3.14. The zero-order valence-corrected chi connectivity index (χ0v) is 6.73. The molecule has 3 nitrogen and oxygen atoms in total. The molecule has 0 aliphatic carbocycles. The average Bonchev–Trinajstić information content (AvgIpc) is 2.37. The van der Waals surface area contributed by atoms with Gasteiger partial charge in [-0.1, -0.05) is 0 Å². The summed E-state index contributed by atoms with van der Waals surface area (Å²) in [5.74, 6) is 0.811. The van der Waals surface area contributed by atoms with E-state index in [0.29, 0.717) is 19.0 Å². The van der Waals surface area contributed by atoms with Crippen LogP contribution in [0.1, 0.15) is 13.3 Å². The summed E-state index contributed by atoms with van der Waals surface area (Å²) in [6, 6.07) is 0.419. The van der Waals surface area contributed by atoms with Crippen molar-refractivity contribution in [2.45, 2.75) is 19.4 Å². The molecule has 0 spiro atoms. The molecule has 0 bridgehead atoms. The van der Waals surface area contributed by atoms with Crippen molar-refractivity contribution in [2.24, 2.45) is 4.99 Å². The van der Waals surface area contributed by atoms with Gasteiger partial charge in [-0.3, -0.25) is 9.38 Å². The number of halogens is 1. The minimum absolute atomic E-state index is 0.268. The molecule has 0 saturated carbocycles. The first kappa shape index (κ1) is 8.30. The van der Waals surface area contributed by atoms with Gasteiger partial charge in [0, 0.05) is 12.6 Å². The van der Waals surface area contributed by atoms with Gasteiger partial charge in [0.05, 0.1) is 13.2 Å². The Morgan fingerprint density at radius 2 is 2.64 bits per heavy atom. The van der Waals surface area contributed by atoms with Crippen molar-refractivity contribution < 1.29 is 4.39 Å². The lowest BCUT2D eigenvalue weighted by Gasteiger charge is -2.06. The highest BCUT2D eigenvalue weighted by Gasteiger charge is 2.10. The molecule has 1 aliphatic heterocycles. The van der Waals surface area contributed by atoms with Crippen molar-refractivity contribution >= 4 is 5.96 Å². The van der Waals surface area contributed by atoms with Crippen molar-refractivity contribution in [3.8, 4) is 0 Å². The third kappa shape index (κ3) is 2.74. The zero-order chi connectivity index (χ0) is 8.10. The summed E-state index contributed by atoms with van der Waals surface area (Å²) < 4.78 is 11.6. The first-order valence-corrected chi connectivity index (χ1v) is 3.93. The van der Waals surface area contributed by atoms with Gasteiger partial charge in [0.25, 0.3) is 0 Å². The second kappa shape index (κ2) is 4.16. The van der Waals surface area contributed by atoms with Gasteiger partial charge in [-0.15, -0.1) is 0 Å². The summed E-state index contributed by atoms with van der Waals surface area (Å²) in [5, 5.41) is 6.14. The SMILES string of the molecule is CC1CN=C(NCCCF)N1. The fraction of sp³-hybridized carbons (Fsp3) is 0.857. The van der Waals surface area contributed by atoms with Crippen LogP contribution in [0.5, 0.6) is 0 Å². The normalized spacial score (nSPS) is 22.7. The Bertz CT molecular complexity index is 147. The molecule has 0 fully saturated rings. The molecule has 1 atom stereocenters. The molecular weight excluding hydrogens is 145 g/mol. The summed E-state index contributed by atoms with van der Waals surface area (Å²) in [4.78, 5) is 4.16. The van der Waals surface area contributed by atoms with E-state index in [1.165, 1.54) is 0 Å². The lowest BCUT2D eigenvalue weighted by atomic mass is 10.4. The van der Waals surface area contributed by atoms with Crippen LogP contribution >= 0.6 is 0 Å². The lowest BCUT2D eigenvalue weighted by molar-refractivity contribution is 0.471. The molecule has 0 aromatic rings. The summed E-state index contributed by atoms with van der Waals surface area (Å²) in [6.07, 6.45) is 0.551. The quantitative estimate of drug-likeness (QED) is 0.580. The second-order valence-electron chi connectivity index (χ2n) is 2.70. The standard InChI is InChI=1S/C7H14FN3/c1-6-5-10-7(11-6)9-4-2-3-8/h6H,2-5H2,1H3,(H2,9,10,11). The van der Waals surface area contributed by atoms with E-state index in [1.807, 2.05) is 0 Å². The maximum atomic E-state index is 11.6. The van der Waals surface area contributed by atoms with E-state index in [-0.39, 0.29) is 6.67 Å². The van der Waals surface area contributed by atoms with Gasteiger partial charge in [0.2, 0.25) is 0 Å². The number of rotatable bonds is 3. The molecule has 1 rings (SSSR count). The number of hydrogen-bond donors (Lipinski definition) is 2. The molecule has 0 aromatic carbocycles. The van der Waals surface area contributed by atoms with Crippen LogP contribution in [-0.4, -0.2) is 31.8 Å². The highest BCUT2D eigenvalue weighted by molar-refractivity contribution is 5.81. The zero-order valence-electron chi connectivity index (χ0n) is 6.73. The van der Waals surface area contributed by atoms with Gasteiger partial charge in [0.1, 0.15) is 0 Å². The fourth-order valence-electron chi connectivity index (χ4n) is 0.933. The molecular formula is C7H14FN3. The largest absolute Gasteiger partial charge is 0.356 e. The summed E-state index contributed by atoms with van der Waals surface area (Å²) >= 11 is 0. The fourth-order valence-corrected chi connectivity index (χ4v) is 0.933. The molecule has 0 saturated heterocycles. The number of nitrogens with one attached hydrogen (secondary N) is 2. The second-order valence-corrected chi connectivity index (χ2v) is 2.70. The molecule has 1 unspecified atom stereocenters. The first-order valence-electron chi connectivity index (χ1n) is 3.93. The van der Waals surface area contributed by atoms with Gasteiger partial charge in [-0.2, -0.15) is 0 Å². The van der Waals surface area contributed by atoms with Crippen LogP contribution in [0.25, 0.3) is 0 Å². The van der Waals surface area contributed by atoms with Gasteiger partial charge in [0.15, 0.2) is 5.96 Å². The first-order chi connectivity index (χ1) is 5.33. The Morgan fingerprint density at radius 1 is 1.82 bits per heavy atom. The summed E-state index contributed by atoms with van der Waals surface area (Å²) in [7, 11) is 0. The van der Waals surface area contributed by atoms with Crippen LogP contribution in [0.2, 0.25) is 0 Å². The van der Waals surface area contributed by atoms with E-state index < -0.39 is 0 Å². The number of guanidine groups is 1. The van der Waals surface area contributed by atoms with Gasteiger partial charge >= 0.3 is 0 Å². The summed E-state index contributed by atoms with van der Waals surface area (Å²) in [5.41, 5.74) is 0. The number of hydrogen-bond acceptors (Lipinski definition) is 3. The minimum atomic E-state index is -0.268. The molecule has 11 heavy (non-hydrogen) atoms. The smallest absolute Gasteiger partial charge is 0.191 e. The molecule has 2 N–H and O–H groups in total. The Morgan fingerprint density at radius 3 is 3.18 bits per heavy atom. The van der Waals surface area contributed by atoms with Crippen molar-refractivity contribution in [2.75, 3.05) is 19.8 Å². The molecule has 1 heterocycles. The molecule has 4 heteroatoms. The molecule has 0 aromatic heterocycles. The van der Waals surface area contributed by atoms with E-state index in [4.69, 9.17) is 0 Å². The van der Waals surface area contributed by atoms with Crippen LogP contribution < -0.4 is 10.6 Å². The Balaban J connectivity index is 2.08. The van der Waals surface area contributed by atoms with Gasteiger partial charge in [-0.05, 0) is 13.3 Å². The van der Waals surface area contributed by atoms with Gasteiger partial charge < -0.3 is 10.6 Å². The maximum Gasteiger partial charge on any atom is 0.191 e. The van der Waals surface area contributed by atoms with E-state index in [0.717, 1.165) is 12.5 Å². The summed E-state index contributed by atoms with van der Waals surface area (Å²) in [6.45, 7) is 3.27. The maximum absolute atomic E-state index is 11.6. The predicted molar refractivity (Wildman–Crippen MR) is 43.5 cm³/mol. The van der Waals surface area contributed by atoms with Crippen molar-refractivity contribution in [1.29, 1.82) is 0 Å². The van der Waals surface area contributed by atoms with Crippen LogP contribution in [0.3, 0.4) is 0 Å². The predicted octanol–water partition coefficient (Wildman–Crippen LogP) is 0.283. The third-order valence-corrected chi connectivity index (χ3v) is 1.51. The number of alkyl halides is 1. The van der Waals surface area contributed by atoms with E-state index in [1.54, 1.807) is 0 Å².